The van der Waals surface area contributed by atoms with Gasteiger partial charge in [0, 0.05) is 11.0 Å². The van der Waals surface area contributed by atoms with Crippen LogP contribution in [0.3, 0.4) is 0 Å². The molecule has 0 fully saturated rings. The van der Waals surface area contributed by atoms with Gasteiger partial charge in [0.2, 0.25) is 0 Å². The quantitative estimate of drug-likeness (QED) is 0.443. The van der Waals surface area contributed by atoms with E-state index in [0.717, 1.165) is 10.6 Å². The van der Waals surface area contributed by atoms with E-state index in [1.807, 2.05) is 6.92 Å². The maximum absolute atomic E-state index is 10.5. The average Bonchev–Trinajstić information content (AvgIpc) is 2.08. The van der Waals surface area contributed by atoms with Gasteiger partial charge >= 0.3 is 0 Å². The highest BCUT2D eigenvalue weighted by atomic mass is 35.5. The van der Waals surface area contributed by atoms with Crippen LogP contribution < -0.4 is 0 Å². The standard InChI is InChI=1S/C8H8ClNO2S/c1-2-13-7-5-3-4-6(8(7)9)10(11)12/h3-5H,2H2,1H3. The molecule has 0 amide bonds. The lowest BCUT2D eigenvalue weighted by Crippen LogP contribution is -1.89. The molecule has 70 valence electrons. The van der Waals surface area contributed by atoms with Crippen molar-refractivity contribution in [3.63, 3.8) is 0 Å². The largest absolute Gasteiger partial charge is 0.289 e. The van der Waals surface area contributed by atoms with Gasteiger partial charge in [0.25, 0.3) is 5.69 Å². The van der Waals surface area contributed by atoms with Crippen molar-refractivity contribution in [3.8, 4) is 0 Å². The Morgan fingerprint density at radius 2 is 2.31 bits per heavy atom. The highest BCUT2D eigenvalue weighted by molar-refractivity contribution is 7.99. The monoisotopic (exact) mass is 217 g/mol. The number of benzene rings is 1. The third-order valence-electron chi connectivity index (χ3n) is 1.44. The molecule has 0 saturated carbocycles. The molecule has 0 N–H and O–H groups in total. The second kappa shape index (κ2) is 4.48. The van der Waals surface area contributed by atoms with E-state index in [9.17, 15) is 10.1 Å². The van der Waals surface area contributed by atoms with Crippen LogP contribution >= 0.6 is 23.4 Å². The first-order chi connectivity index (χ1) is 6.16. The summed E-state index contributed by atoms with van der Waals surface area (Å²) in [6.45, 7) is 1.97. The summed E-state index contributed by atoms with van der Waals surface area (Å²) in [5, 5.41) is 10.7. The molecule has 1 rings (SSSR count). The Labute approximate surface area is 85.2 Å². The van der Waals surface area contributed by atoms with Crippen LogP contribution in [0.5, 0.6) is 0 Å². The molecular weight excluding hydrogens is 210 g/mol. The first-order valence-electron chi connectivity index (χ1n) is 3.72. The van der Waals surface area contributed by atoms with E-state index in [1.165, 1.54) is 17.8 Å². The summed E-state index contributed by atoms with van der Waals surface area (Å²) in [5.41, 5.74) is -0.0277. The van der Waals surface area contributed by atoms with Gasteiger partial charge in [0.15, 0.2) is 0 Å². The molecule has 0 bridgehead atoms. The Morgan fingerprint density at radius 1 is 1.62 bits per heavy atom. The molecule has 13 heavy (non-hydrogen) atoms. The molecule has 1 aromatic rings. The van der Waals surface area contributed by atoms with Crippen molar-refractivity contribution in [2.75, 3.05) is 5.75 Å². The lowest BCUT2D eigenvalue weighted by Gasteiger charge is -2.01. The van der Waals surface area contributed by atoms with Crippen LogP contribution in [0.1, 0.15) is 6.92 Å². The van der Waals surface area contributed by atoms with Gasteiger partial charge in [-0.25, -0.2) is 0 Å². The molecule has 3 nitrogen and oxygen atoms in total. The number of nitro benzene ring substituents is 1. The second-order valence-electron chi connectivity index (χ2n) is 2.28. The van der Waals surface area contributed by atoms with E-state index < -0.39 is 4.92 Å². The Bertz CT molecular complexity index is 330. The minimum Gasteiger partial charge on any atom is -0.258 e. The number of nitro groups is 1. The van der Waals surface area contributed by atoms with Crippen LogP contribution in [0.15, 0.2) is 23.1 Å². The lowest BCUT2D eigenvalue weighted by atomic mass is 10.3. The van der Waals surface area contributed by atoms with E-state index in [4.69, 9.17) is 11.6 Å². The number of hydrogen-bond acceptors (Lipinski definition) is 3. The summed E-state index contributed by atoms with van der Waals surface area (Å²) in [6.07, 6.45) is 0. The minimum atomic E-state index is -0.470. The van der Waals surface area contributed by atoms with Gasteiger partial charge in [-0.15, -0.1) is 11.8 Å². The third-order valence-corrected chi connectivity index (χ3v) is 2.89. The van der Waals surface area contributed by atoms with Crippen LogP contribution in [0.2, 0.25) is 5.02 Å². The van der Waals surface area contributed by atoms with Gasteiger partial charge in [0.05, 0.1) is 4.92 Å². The molecule has 0 radical (unpaired) electrons. The Balaban J connectivity index is 3.10. The zero-order valence-electron chi connectivity index (χ0n) is 6.99. The van der Waals surface area contributed by atoms with Crippen LogP contribution in [0.25, 0.3) is 0 Å². The zero-order valence-corrected chi connectivity index (χ0v) is 8.56. The number of hydrogen-bond donors (Lipinski definition) is 0. The number of rotatable bonds is 3. The van der Waals surface area contributed by atoms with Crippen molar-refractivity contribution in [3.05, 3.63) is 33.3 Å². The molecule has 0 aliphatic carbocycles. The molecule has 0 aromatic heterocycles. The third kappa shape index (κ3) is 2.35. The molecule has 0 unspecified atom stereocenters. The maximum atomic E-state index is 10.5. The van der Waals surface area contributed by atoms with Gasteiger partial charge in [-0.1, -0.05) is 24.6 Å². The van der Waals surface area contributed by atoms with Gasteiger partial charge in [-0.2, -0.15) is 0 Å². The fraction of sp³-hybridized carbons (Fsp3) is 0.250. The average molecular weight is 218 g/mol. The van der Waals surface area contributed by atoms with Crippen LogP contribution in [0.4, 0.5) is 5.69 Å². The summed E-state index contributed by atoms with van der Waals surface area (Å²) in [7, 11) is 0. The fourth-order valence-electron chi connectivity index (χ4n) is 0.907. The molecule has 0 saturated heterocycles. The first kappa shape index (κ1) is 10.3. The van der Waals surface area contributed by atoms with Crippen molar-refractivity contribution in [1.82, 2.24) is 0 Å². The van der Waals surface area contributed by atoms with Crippen molar-refractivity contribution in [2.45, 2.75) is 11.8 Å². The lowest BCUT2D eigenvalue weighted by molar-refractivity contribution is -0.384. The summed E-state index contributed by atoms with van der Waals surface area (Å²) >= 11 is 7.32. The van der Waals surface area contributed by atoms with Gasteiger partial charge in [-0.3, -0.25) is 10.1 Å². The molecular formula is C8H8ClNO2S. The van der Waals surface area contributed by atoms with Crippen molar-refractivity contribution in [2.24, 2.45) is 0 Å². The Kier molecular flexibility index (Phi) is 3.57. The summed E-state index contributed by atoms with van der Waals surface area (Å²) in [6, 6.07) is 4.83. The van der Waals surface area contributed by atoms with Gasteiger partial charge < -0.3 is 0 Å². The zero-order chi connectivity index (χ0) is 9.84. The normalized spacial score (nSPS) is 10.0. The van der Waals surface area contributed by atoms with E-state index in [0.29, 0.717) is 0 Å². The SMILES string of the molecule is CCSc1cccc([N+](=O)[O-])c1Cl. The van der Waals surface area contributed by atoms with Gasteiger partial charge in [-0.05, 0) is 11.8 Å². The molecule has 5 heteroatoms. The second-order valence-corrected chi connectivity index (χ2v) is 3.96. The summed E-state index contributed by atoms with van der Waals surface area (Å²) in [5.74, 6) is 0.848. The molecule has 0 spiro atoms. The molecule has 0 heterocycles. The van der Waals surface area contributed by atoms with E-state index in [2.05, 4.69) is 0 Å². The fourth-order valence-corrected chi connectivity index (χ4v) is 1.98. The predicted molar refractivity (Wildman–Crippen MR) is 54.5 cm³/mol. The summed E-state index contributed by atoms with van der Waals surface area (Å²) < 4.78 is 0. The van der Waals surface area contributed by atoms with Crippen LogP contribution in [-0.2, 0) is 0 Å². The Morgan fingerprint density at radius 3 is 2.85 bits per heavy atom. The maximum Gasteiger partial charge on any atom is 0.289 e. The van der Waals surface area contributed by atoms with Gasteiger partial charge in [0.1, 0.15) is 5.02 Å². The highest BCUT2D eigenvalue weighted by Gasteiger charge is 2.14. The van der Waals surface area contributed by atoms with Crippen LogP contribution in [-0.4, -0.2) is 10.7 Å². The van der Waals surface area contributed by atoms with Crippen LogP contribution in [0, 0.1) is 10.1 Å². The van der Waals surface area contributed by atoms with E-state index in [1.54, 1.807) is 12.1 Å². The molecule has 0 aliphatic rings. The smallest absolute Gasteiger partial charge is 0.258 e. The number of nitrogens with zero attached hydrogens (tertiary/aromatic N) is 1. The van der Waals surface area contributed by atoms with Crippen molar-refractivity contribution >= 4 is 29.1 Å². The molecule has 0 atom stereocenters. The predicted octanol–water partition coefficient (Wildman–Crippen LogP) is 3.36. The summed E-state index contributed by atoms with van der Waals surface area (Å²) in [4.78, 5) is 10.8. The minimum absolute atomic E-state index is 0.0277. The van der Waals surface area contributed by atoms with E-state index >= 15 is 0 Å². The number of thioether (sulfide) groups is 1. The highest BCUT2D eigenvalue weighted by Crippen LogP contribution is 2.33. The number of halogens is 1. The first-order valence-corrected chi connectivity index (χ1v) is 5.09. The Hall–Kier alpha value is -0.740. The topological polar surface area (TPSA) is 43.1 Å². The van der Waals surface area contributed by atoms with Crippen molar-refractivity contribution in [1.29, 1.82) is 0 Å². The molecule has 0 aliphatic heterocycles. The van der Waals surface area contributed by atoms with E-state index in [-0.39, 0.29) is 10.7 Å². The molecule has 1 aromatic carbocycles. The van der Waals surface area contributed by atoms with Crippen molar-refractivity contribution < 1.29 is 4.92 Å².